The van der Waals surface area contributed by atoms with E-state index in [1.807, 2.05) is 19.2 Å². The number of nitrogens with zero attached hydrogens (tertiary/aromatic N) is 2. The van der Waals surface area contributed by atoms with Gasteiger partial charge in [-0.05, 0) is 24.1 Å². The zero-order valence-corrected chi connectivity index (χ0v) is 11.2. The summed E-state index contributed by atoms with van der Waals surface area (Å²) in [6.07, 6.45) is 0. The lowest BCUT2D eigenvalue weighted by Crippen LogP contribution is -2.25. The molecule has 4 nitrogen and oxygen atoms in total. The summed E-state index contributed by atoms with van der Waals surface area (Å²) in [6.45, 7) is 5.25. The Morgan fingerprint density at radius 3 is 2.56 bits per heavy atom. The van der Waals surface area contributed by atoms with E-state index >= 15 is 0 Å². The molecule has 0 aliphatic carbocycles. The van der Waals surface area contributed by atoms with Crippen molar-refractivity contribution in [3.05, 3.63) is 23.8 Å². The van der Waals surface area contributed by atoms with Crippen LogP contribution in [0.2, 0.25) is 0 Å². The van der Waals surface area contributed by atoms with Crippen LogP contribution in [0.3, 0.4) is 0 Å². The number of fused-ring (bicyclic) bond motifs is 1. The minimum atomic E-state index is -0.450. The van der Waals surface area contributed by atoms with Crippen molar-refractivity contribution in [1.82, 2.24) is 0 Å². The first-order chi connectivity index (χ1) is 8.41. The fourth-order valence-corrected chi connectivity index (χ4v) is 2.26. The van der Waals surface area contributed by atoms with Crippen LogP contribution in [0.15, 0.2) is 18.2 Å². The summed E-state index contributed by atoms with van der Waals surface area (Å²) >= 11 is 0. The molecule has 1 heterocycles. The van der Waals surface area contributed by atoms with Crippen molar-refractivity contribution in [3.63, 3.8) is 0 Å². The van der Waals surface area contributed by atoms with Gasteiger partial charge in [0.25, 0.3) is 11.7 Å². The molecule has 1 aromatic rings. The topological polar surface area (TPSA) is 40.6 Å². The molecule has 1 aromatic carbocycles. The van der Waals surface area contributed by atoms with Crippen LogP contribution in [0.4, 0.5) is 11.4 Å². The van der Waals surface area contributed by atoms with Gasteiger partial charge < -0.3 is 9.80 Å². The zero-order chi connectivity index (χ0) is 13.4. The predicted octanol–water partition coefficient (Wildman–Crippen LogP) is 1.94. The molecule has 1 aliphatic rings. The van der Waals surface area contributed by atoms with Crippen molar-refractivity contribution in [2.45, 2.75) is 13.8 Å². The number of rotatable bonds is 3. The van der Waals surface area contributed by atoms with Gasteiger partial charge in [0.05, 0.1) is 11.3 Å². The molecule has 4 heteroatoms. The number of carbonyl (C=O) groups is 2. The van der Waals surface area contributed by atoms with E-state index in [1.165, 1.54) is 4.90 Å². The first-order valence-corrected chi connectivity index (χ1v) is 6.09. The first kappa shape index (κ1) is 12.6. The van der Waals surface area contributed by atoms with Gasteiger partial charge in [0.15, 0.2) is 0 Å². The number of carbonyl (C=O) groups excluding carboxylic acids is 2. The SMILES string of the molecule is CC(C)CN(C)c1ccc2c(c1)N(C)C(=O)C2=O. The second kappa shape index (κ2) is 4.44. The molecule has 0 unspecified atom stereocenters. The fourth-order valence-electron chi connectivity index (χ4n) is 2.26. The third kappa shape index (κ3) is 1.98. The van der Waals surface area contributed by atoms with E-state index in [2.05, 4.69) is 18.7 Å². The second-order valence-electron chi connectivity index (χ2n) is 5.17. The number of anilines is 2. The highest BCUT2D eigenvalue weighted by molar-refractivity contribution is 6.52. The van der Waals surface area contributed by atoms with Crippen LogP contribution >= 0.6 is 0 Å². The Kier molecular flexibility index (Phi) is 3.11. The normalized spacial score (nSPS) is 14.4. The lowest BCUT2D eigenvalue weighted by molar-refractivity contribution is -0.114. The summed E-state index contributed by atoms with van der Waals surface area (Å²) in [6, 6.07) is 5.54. The number of Topliss-reactive ketones (excluding diaryl/α,β-unsaturated/α-hetero) is 1. The average Bonchev–Trinajstić information content (AvgIpc) is 2.53. The Labute approximate surface area is 107 Å². The lowest BCUT2D eigenvalue weighted by atomic mass is 10.1. The fraction of sp³-hybridized carbons (Fsp3) is 0.429. The molecule has 18 heavy (non-hydrogen) atoms. The largest absolute Gasteiger partial charge is 0.374 e. The van der Waals surface area contributed by atoms with Gasteiger partial charge in [0, 0.05) is 26.3 Å². The standard InChI is InChI=1S/C14H18N2O2/c1-9(2)8-15(3)10-5-6-11-12(7-10)16(4)14(18)13(11)17/h5-7,9H,8H2,1-4H3. The molecule has 0 fully saturated rings. The van der Waals surface area contributed by atoms with Crippen molar-refractivity contribution in [3.8, 4) is 0 Å². The minimum absolute atomic E-state index is 0.412. The van der Waals surface area contributed by atoms with Crippen LogP contribution in [0.25, 0.3) is 0 Å². The average molecular weight is 246 g/mol. The number of ketones is 1. The van der Waals surface area contributed by atoms with Gasteiger partial charge in [0.1, 0.15) is 0 Å². The Hall–Kier alpha value is -1.84. The summed E-state index contributed by atoms with van der Waals surface area (Å²) in [5, 5.41) is 0. The molecule has 0 atom stereocenters. The van der Waals surface area contributed by atoms with E-state index in [0.29, 0.717) is 17.2 Å². The van der Waals surface area contributed by atoms with Crippen LogP contribution < -0.4 is 9.80 Å². The van der Waals surface area contributed by atoms with Crippen molar-refractivity contribution in [1.29, 1.82) is 0 Å². The van der Waals surface area contributed by atoms with E-state index in [0.717, 1.165) is 12.2 Å². The molecule has 96 valence electrons. The Bertz CT molecular complexity index is 509. The van der Waals surface area contributed by atoms with Gasteiger partial charge >= 0.3 is 0 Å². The molecule has 0 saturated heterocycles. The monoisotopic (exact) mass is 246 g/mol. The quantitative estimate of drug-likeness (QED) is 0.765. The van der Waals surface area contributed by atoms with E-state index in [4.69, 9.17) is 0 Å². The molecule has 0 aromatic heterocycles. The number of hydrogen-bond acceptors (Lipinski definition) is 3. The maximum Gasteiger partial charge on any atom is 0.299 e. The number of amides is 1. The van der Waals surface area contributed by atoms with Gasteiger partial charge in [0.2, 0.25) is 0 Å². The molecule has 1 aliphatic heterocycles. The second-order valence-corrected chi connectivity index (χ2v) is 5.17. The number of likely N-dealkylation sites (N-methyl/N-ethyl adjacent to an activating group) is 1. The summed E-state index contributed by atoms with van der Waals surface area (Å²) < 4.78 is 0. The van der Waals surface area contributed by atoms with Crippen LogP contribution in [-0.2, 0) is 4.79 Å². The molecule has 2 rings (SSSR count). The van der Waals surface area contributed by atoms with Crippen molar-refractivity contribution >= 4 is 23.1 Å². The summed E-state index contributed by atoms with van der Waals surface area (Å²) in [5.41, 5.74) is 2.24. The molecule has 1 amide bonds. The Morgan fingerprint density at radius 2 is 1.94 bits per heavy atom. The van der Waals surface area contributed by atoms with E-state index in [9.17, 15) is 9.59 Å². The van der Waals surface area contributed by atoms with Gasteiger partial charge in [-0.25, -0.2) is 0 Å². The first-order valence-electron chi connectivity index (χ1n) is 6.09. The van der Waals surface area contributed by atoms with Gasteiger partial charge in [-0.3, -0.25) is 9.59 Å². The molecular weight excluding hydrogens is 228 g/mol. The van der Waals surface area contributed by atoms with Gasteiger partial charge in [-0.15, -0.1) is 0 Å². The highest BCUT2D eigenvalue weighted by atomic mass is 16.2. The van der Waals surface area contributed by atoms with Gasteiger partial charge in [-0.1, -0.05) is 13.8 Å². The van der Waals surface area contributed by atoms with E-state index in [1.54, 1.807) is 13.1 Å². The van der Waals surface area contributed by atoms with E-state index in [-0.39, 0.29) is 0 Å². The lowest BCUT2D eigenvalue weighted by Gasteiger charge is -2.22. The zero-order valence-electron chi connectivity index (χ0n) is 11.2. The Balaban J connectivity index is 2.34. The smallest absolute Gasteiger partial charge is 0.299 e. The van der Waals surface area contributed by atoms with Crippen LogP contribution in [0.1, 0.15) is 24.2 Å². The maximum absolute atomic E-state index is 11.7. The maximum atomic E-state index is 11.7. The molecular formula is C14H18N2O2. The van der Waals surface area contributed by atoms with E-state index < -0.39 is 11.7 Å². The summed E-state index contributed by atoms with van der Waals surface area (Å²) in [5.74, 6) is -0.302. The van der Waals surface area contributed by atoms with Crippen LogP contribution in [0.5, 0.6) is 0 Å². The highest BCUT2D eigenvalue weighted by Gasteiger charge is 2.33. The molecule has 0 spiro atoms. The van der Waals surface area contributed by atoms with Crippen LogP contribution in [-0.4, -0.2) is 32.3 Å². The molecule has 0 N–H and O–H groups in total. The number of hydrogen-bond donors (Lipinski definition) is 0. The predicted molar refractivity (Wildman–Crippen MR) is 72.3 cm³/mol. The molecule has 0 radical (unpaired) electrons. The summed E-state index contributed by atoms with van der Waals surface area (Å²) in [7, 11) is 3.65. The Morgan fingerprint density at radius 1 is 1.28 bits per heavy atom. The van der Waals surface area contributed by atoms with Crippen molar-refractivity contribution in [2.75, 3.05) is 30.4 Å². The molecule has 0 bridgehead atoms. The minimum Gasteiger partial charge on any atom is -0.374 e. The van der Waals surface area contributed by atoms with Crippen molar-refractivity contribution in [2.24, 2.45) is 5.92 Å². The molecule has 0 saturated carbocycles. The third-order valence-corrected chi connectivity index (χ3v) is 3.17. The highest BCUT2D eigenvalue weighted by Crippen LogP contribution is 2.31. The third-order valence-electron chi connectivity index (χ3n) is 3.17. The number of benzene rings is 1. The van der Waals surface area contributed by atoms with Gasteiger partial charge in [-0.2, -0.15) is 0 Å². The summed E-state index contributed by atoms with van der Waals surface area (Å²) in [4.78, 5) is 26.8. The van der Waals surface area contributed by atoms with Crippen molar-refractivity contribution < 1.29 is 9.59 Å². The van der Waals surface area contributed by atoms with Crippen LogP contribution in [0, 0.1) is 5.92 Å².